The summed E-state index contributed by atoms with van der Waals surface area (Å²) in [6.45, 7) is 0. The van der Waals surface area contributed by atoms with Gasteiger partial charge in [-0.3, -0.25) is 4.79 Å². The first-order valence-electron chi connectivity index (χ1n) is 9.09. The van der Waals surface area contributed by atoms with Gasteiger partial charge in [-0.1, -0.05) is 62.4 Å². The van der Waals surface area contributed by atoms with Gasteiger partial charge in [-0.25, -0.2) is 8.42 Å². The maximum atomic E-state index is 12.6. The molecule has 1 saturated carbocycles. The van der Waals surface area contributed by atoms with Crippen LogP contribution in [0.2, 0.25) is 0 Å². The summed E-state index contributed by atoms with van der Waals surface area (Å²) < 4.78 is 23.3. The number of carbonyl (C=O) groups is 1. The second-order valence-electron chi connectivity index (χ2n) is 7.31. The fourth-order valence-electron chi connectivity index (χ4n) is 4.01. The first-order valence-corrected chi connectivity index (χ1v) is 10.9. The molecular formula is C19H27NO3S. The topological polar surface area (TPSA) is 63.2 Å². The molecule has 1 N–H and O–H groups in total. The lowest BCUT2D eigenvalue weighted by Crippen LogP contribution is -2.35. The van der Waals surface area contributed by atoms with Crippen molar-refractivity contribution in [3.8, 4) is 0 Å². The van der Waals surface area contributed by atoms with E-state index in [0.717, 1.165) is 12.0 Å². The Kier molecular flexibility index (Phi) is 5.59. The molecule has 1 aromatic carbocycles. The number of amides is 1. The maximum Gasteiger partial charge on any atom is 0.224 e. The minimum atomic E-state index is -3.03. The van der Waals surface area contributed by atoms with Gasteiger partial charge in [0.05, 0.1) is 23.5 Å². The van der Waals surface area contributed by atoms with E-state index in [1.165, 1.54) is 32.1 Å². The van der Waals surface area contributed by atoms with Gasteiger partial charge in [0.25, 0.3) is 0 Å². The molecule has 3 rings (SSSR count). The Morgan fingerprint density at radius 1 is 1.08 bits per heavy atom. The summed E-state index contributed by atoms with van der Waals surface area (Å²) in [5.41, 5.74) is 1.12. The summed E-state index contributed by atoms with van der Waals surface area (Å²) in [7, 11) is -3.03. The van der Waals surface area contributed by atoms with Crippen molar-refractivity contribution in [3.63, 3.8) is 0 Å². The molecule has 1 aliphatic heterocycles. The first kappa shape index (κ1) is 17.5. The van der Waals surface area contributed by atoms with Gasteiger partial charge < -0.3 is 5.32 Å². The van der Waals surface area contributed by atoms with E-state index in [0.29, 0.717) is 12.3 Å². The summed E-state index contributed by atoms with van der Waals surface area (Å²) >= 11 is 0. The quantitative estimate of drug-likeness (QED) is 0.887. The molecule has 2 aliphatic rings. The Hall–Kier alpha value is -1.36. The molecule has 1 amide bonds. The molecule has 1 aromatic rings. The van der Waals surface area contributed by atoms with Crippen LogP contribution in [-0.2, 0) is 14.6 Å². The van der Waals surface area contributed by atoms with Gasteiger partial charge in [0.15, 0.2) is 9.84 Å². The van der Waals surface area contributed by atoms with Crippen molar-refractivity contribution in [1.29, 1.82) is 0 Å². The highest BCUT2D eigenvalue weighted by Crippen LogP contribution is 2.32. The van der Waals surface area contributed by atoms with Crippen LogP contribution in [0.15, 0.2) is 30.3 Å². The van der Waals surface area contributed by atoms with Crippen LogP contribution in [0.25, 0.3) is 0 Å². The number of hydrogen-bond donors (Lipinski definition) is 1. The van der Waals surface area contributed by atoms with Crippen molar-refractivity contribution in [2.75, 3.05) is 11.5 Å². The van der Waals surface area contributed by atoms with Crippen LogP contribution < -0.4 is 5.32 Å². The van der Waals surface area contributed by atoms with E-state index in [2.05, 4.69) is 17.4 Å². The van der Waals surface area contributed by atoms with Crippen LogP contribution in [0.5, 0.6) is 0 Å². The van der Waals surface area contributed by atoms with Crippen LogP contribution in [0.4, 0.5) is 0 Å². The van der Waals surface area contributed by atoms with Crippen molar-refractivity contribution >= 4 is 15.7 Å². The molecule has 0 spiro atoms. The third kappa shape index (κ3) is 4.59. The molecule has 0 aromatic heterocycles. The fraction of sp³-hybridized carbons (Fsp3) is 0.632. The predicted octanol–water partition coefficient (Wildman–Crippen LogP) is 3.25. The average molecular weight is 349 g/mol. The summed E-state index contributed by atoms with van der Waals surface area (Å²) in [6.07, 6.45) is 7.75. The summed E-state index contributed by atoms with van der Waals surface area (Å²) in [5.74, 6) is 0.317. The lowest BCUT2D eigenvalue weighted by Gasteiger charge is -2.28. The van der Waals surface area contributed by atoms with E-state index in [9.17, 15) is 13.2 Å². The van der Waals surface area contributed by atoms with Crippen molar-refractivity contribution < 1.29 is 13.2 Å². The lowest BCUT2D eigenvalue weighted by atomic mass is 9.83. The second kappa shape index (κ2) is 7.68. The zero-order valence-electron chi connectivity index (χ0n) is 14.1. The molecule has 4 nitrogen and oxygen atoms in total. The summed E-state index contributed by atoms with van der Waals surface area (Å²) in [6, 6.07) is 10.1. The molecule has 2 fully saturated rings. The van der Waals surface area contributed by atoms with Crippen LogP contribution in [0.1, 0.15) is 56.6 Å². The molecule has 24 heavy (non-hydrogen) atoms. The molecule has 0 bridgehead atoms. The fourth-order valence-corrected chi connectivity index (χ4v) is 5.75. The van der Waals surface area contributed by atoms with Crippen LogP contribution in [-0.4, -0.2) is 25.8 Å². The molecular weight excluding hydrogens is 322 g/mol. The molecule has 0 unspecified atom stereocenters. The molecule has 2 atom stereocenters. The lowest BCUT2D eigenvalue weighted by molar-refractivity contribution is -0.125. The van der Waals surface area contributed by atoms with Gasteiger partial charge in [-0.2, -0.15) is 0 Å². The molecule has 132 valence electrons. The summed E-state index contributed by atoms with van der Waals surface area (Å²) in [4.78, 5) is 12.6. The smallest absolute Gasteiger partial charge is 0.224 e. The minimum absolute atomic E-state index is 0.00374. The van der Waals surface area contributed by atoms with E-state index in [1.54, 1.807) is 0 Å². The minimum Gasteiger partial charge on any atom is -0.349 e. The SMILES string of the molecule is O=C(N[C@H](CC1CCCCC1)c1ccccc1)[C@@H]1CCS(=O)(=O)C1. The molecule has 0 radical (unpaired) electrons. The third-order valence-electron chi connectivity index (χ3n) is 5.42. The van der Waals surface area contributed by atoms with Crippen molar-refractivity contribution in [2.24, 2.45) is 11.8 Å². The number of sulfone groups is 1. The number of benzene rings is 1. The van der Waals surface area contributed by atoms with Gasteiger partial charge in [0, 0.05) is 0 Å². The number of rotatable bonds is 5. The largest absolute Gasteiger partial charge is 0.349 e. The van der Waals surface area contributed by atoms with Crippen molar-refractivity contribution in [3.05, 3.63) is 35.9 Å². The van der Waals surface area contributed by atoms with Gasteiger partial charge in [-0.15, -0.1) is 0 Å². The normalized spacial score (nSPS) is 25.2. The molecule has 1 heterocycles. The van der Waals surface area contributed by atoms with E-state index in [4.69, 9.17) is 0 Å². The Labute approximate surface area is 145 Å². The van der Waals surface area contributed by atoms with Crippen molar-refractivity contribution in [2.45, 2.75) is 51.0 Å². The third-order valence-corrected chi connectivity index (χ3v) is 7.18. The van der Waals surface area contributed by atoms with Gasteiger partial charge in [0.1, 0.15) is 0 Å². The molecule has 5 heteroatoms. The highest BCUT2D eigenvalue weighted by Gasteiger charge is 2.34. The van der Waals surface area contributed by atoms with E-state index in [-0.39, 0.29) is 29.4 Å². The zero-order valence-corrected chi connectivity index (χ0v) is 14.9. The number of hydrogen-bond acceptors (Lipinski definition) is 3. The van der Waals surface area contributed by atoms with Crippen molar-refractivity contribution in [1.82, 2.24) is 5.32 Å². The molecule has 1 aliphatic carbocycles. The Balaban J connectivity index is 1.68. The Morgan fingerprint density at radius 2 is 1.79 bits per heavy atom. The van der Waals surface area contributed by atoms with Crippen LogP contribution in [0, 0.1) is 11.8 Å². The second-order valence-corrected chi connectivity index (χ2v) is 9.54. The van der Waals surface area contributed by atoms with Gasteiger partial charge >= 0.3 is 0 Å². The molecule has 1 saturated heterocycles. The van der Waals surface area contributed by atoms with E-state index < -0.39 is 9.84 Å². The van der Waals surface area contributed by atoms with Crippen LogP contribution >= 0.6 is 0 Å². The Bertz CT molecular complexity index is 650. The monoisotopic (exact) mass is 349 g/mol. The zero-order chi connectivity index (χ0) is 17.0. The Morgan fingerprint density at radius 3 is 2.42 bits per heavy atom. The maximum absolute atomic E-state index is 12.6. The van der Waals surface area contributed by atoms with Gasteiger partial charge in [-0.05, 0) is 24.3 Å². The van der Waals surface area contributed by atoms with E-state index in [1.807, 2.05) is 18.2 Å². The predicted molar refractivity (Wildman–Crippen MR) is 95.3 cm³/mol. The first-order chi connectivity index (χ1) is 11.5. The highest BCUT2D eigenvalue weighted by molar-refractivity contribution is 7.91. The standard InChI is InChI=1S/C19H27NO3S/c21-19(17-11-12-24(22,23)14-17)20-18(16-9-5-2-6-10-16)13-15-7-3-1-4-8-15/h2,5-6,9-10,15,17-18H,1,3-4,7-8,11-14H2,(H,20,21)/t17-,18-/m1/s1. The average Bonchev–Trinajstić information content (AvgIpc) is 2.96. The number of nitrogens with one attached hydrogen (secondary N) is 1. The van der Waals surface area contributed by atoms with Gasteiger partial charge in [0.2, 0.25) is 5.91 Å². The number of carbonyl (C=O) groups excluding carboxylic acids is 1. The summed E-state index contributed by atoms with van der Waals surface area (Å²) in [5, 5.41) is 3.16. The van der Waals surface area contributed by atoms with E-state index >= 15 is 0 Å². The highest BCUT2D eigenvalue weighted by atomic mass is 32.2. The van der Waals surface area contributed by atoms with Crippen LogP contribution in [0.3, 0.4) is 0 Å².